The maximum Gasteiger partial charge on any atom is 0.263 e. The highest BCUT2D eigenvalue weighted by Gasteiger charge is 2.17. The van der Waals surface area contributed by atoms with Crippen molar-refractivity contribution in [2.24, 2.45) is 0 Å². The molecule has 2 aromatic heterocycles. The molecule has 4 rings (SSSR count). The molecule has 36 heavy (non-hydrogen) atoms. The molecule has 10 nitrogen and oxygen atoms in total. The fourth-order valence-electron chi connectivity index (χ4n) is 3.49. The van der Waals surface area contributed by atoms with Crippen LogP contribution in [0.3, 0.4) is 0 Å². The molecule has 0 aliphatic heterocycles. The molecule has 0 fully saturated rings. The third-order valence-corrected chi connectivity index (χ3v) is 7.39. The SMILES string of the molecule is CCn1c(SCC(=O)Nc2ccc(S(=O)(=O)Nc3cc(C)nc(C)n3)cc2)nnc1-c1ccccc1. The van der Waals surface area contributed by atoms with E-state index in [-0.39, 0.29) is 22.4 Å². The first-order chi connectivity index (χ1) is 17.2. The lowest BCUT2D eigenvalue weighted by Crippen LogP contribution is -2.16. The van der Waals surface area contributed by atoms with Crippen LogP contribution < -0.4 is 10.0 Å². The maximum atomic E-state index is 12.7. The normalized spacial score (nSPS) is 11.3. The summed E-state index contributed by atoms with van der Waals surface area (Å²) in [6.45, 7) is 6.11. The number of thioether (sulfide) groups is 1. The van der Waals surface area contributed by atoms with Crippen molar-refractivity contribution in [2.45, 2.75) is 37.4 Å². The van der Waals surface area contributed by atoms with Crippen LogP contribution in [0.4, 0.5) is 11.5 Å². The van der Waals surface area contributed by atoms with E-state index in [1.807, 2.05) is 41.8 Å². The van der Waals surface area contributed by atoms with Crippen LogP contribution in [0.5, 0.6) is 0 Å². The summed E-state index contributed by atoms with van der Waals surface area (Å²) >= 11 is 1.28. The van der Waals surface area contributed by atoms with E-state index in [9.17, 15) is 13.2 Å². The molecule has 0 saturated heterocycles. The van der Waals surface area contributed by atoms with E-state index >= 15 is 0 Å². The van der Waals surface area contributed by atoms with Crippen molar-refractivity contribution in [1.29, 1.82) is 0 Å². The first-order valence-electron chi connectivity index (χ1n) is 11.1. The summed E-state index contributed by atoms with van der Waals surface area (Å²) in [5.41, 5.74) is 2.09. The molecule has 2 N–H and O–H groups in total. The molecule has 12 heteroatoms. The highest BCUT2D eigenvalue weighted by Crippen LogP contribution is 2.24. The van der Waals surface area contributed by atoms with E-state index in [0.717, 1.165) is 11.4 Å². The van der Waals surface area contributed by atoms with Gasteiger partial charge in [0.05, 0.1) is 10.6 Å². The second kappa shape index (κ2) is 10.9. The number of anilines is 2. The number of sulfonamides is 1. The van der Waals surface area contributed by atoms with Crippen LogP contribution in [0, 0.1) is 13.8 Å². The van der Waals surface area contributed by atoms with Crippen molar-refractivity contribution < 1.29 is 13.2 Å². The van der Waals surface area contributed by atoms with Crippen LogP contribution in [0.25, 0.3) is 11.4 Å². The van der Waals surface area contributed by atoms with Gasteiger partial charge in [-0.25, -0.2) is 18.4 Å². The van der Waals surface area contributed by atoms with E-state index in [2.05, 4.69) is 30.2 Å². The molecular formula is C24H25N7O3S2. The van der Waals surface area contributed by atoms with Gasteiger partial charge in [0, 0.05) is 29.6 Å². The lowest BCUT2D eigenvalue weighted by molar-refractivity contribution is -0.113. The number of amides is 1. The Morgan fingerprint density at radius 2 is 1.72 bits per heavy atom. The molecule has 0 bridgehead atoms. The predicted molar refractivity (Wildman–Crippen MR) is 139 cm³/mol. The summed E-state index contributed by atoms with van der Waals surface area (Å²) in [6.07, 6.45) is 0. The van der Waals surface area contributed by atoms with E-state index in [0.29, 0.717) is 28.9 Å². The molecule has 0 spiro atoms. The van der Waals surface area contributed by atoms with E-state index in [1.54, 1.807) is 19.9 Å². The maximum absolute atomic E-state index is 12.7. The first-order valence-corrected chi connectivity index (χ1v) is 13.6. The summed E-state index contributed by atoms with van der Waals surface area (Å²) in [5.74, 6) is 1.30. The first kappa shape index (κ1) is 25.3. The largest absolute Gasteiger partial charge is 0.325 e. The topological polar surface area (TPSA) is 132 Å². The number of rotatable bonds is 9. The molecule has 0 unspecified atom stereocenters. The van der Waals surface area contributed by atoms with E-state index in [4.69, 9.17) is 0 Å². The second-order valence-corrected chi connectivity index (χ2v) is 10.4. The molecule has 2 heterocycles. The van der Waals surface area contributed by atoms with Crippen molar-refractivity contribution in [3.8, 4) is 11.4 Å². The number of benzene rings is 2. The average molecular weight is 524 g/mol. The van der Waals surface area contributed by atoms with Gasteiger partial charge in [0.25, 0.3) is 10.0 Å². The number of aryl methyl sites for hydroxylation is 2. The van der Waals surface area contributed by atoms with Crippen molar-refractivity contribution in [1.82, 2.24) is 24.7 Å². The molecule has 0 aliphatic carbocycles. The lowest BCUT2D eigenvalue weighted by atomic mass is 10.2. The minimum absolute atomic E-state index is 0.0493. The third-order valence-electron chi connectivity index (χ3n) is 5.05. The number of hydrogen-bond donors (Lipinski definition) is 2. The van der Waals surface area contributed by atoms with Crippen molar-refractivity contribution >= 4 is 39.2 Å². The summed E-state index contributed by atoms with van der Waals surface area (Å²) in [4.78, 5) is 20.8. The fraction of sp³-hybridized carbons (Fsp3) is 0.208. The molecule has 4 aromatic rings. The van der Waals surface area contributed by atoms with Gasteiger partial charge in [-0.1, -0.05) is 42.1 Å². The van der Waals surface area contributed by atoms with Gasteiger partial charge in [0.2, 0.25) is 5.91 Å². The van der Waals surface area contributed by atoms with Crippen LogP contribution in [-0.4, -0.2) is 44.8 Å². The van der Waals surface area contributed by atoms with Crippen molar-refractivity contribution in [3.05, 3.63) is 72.2 Å². The molecule has 1 amide bonds. The monoisotopic (exact) mass is 523 g/mol. The highest BCUT2D eigenvalue weighted by molar-refractivity contribution is 7.99. The number of carbonyl (C=O) groups excluding carboxylic acids is 1. The Kier molecular flexibility index (Phi) is 7.65. The van der Waals surface area contributed by atoms with Crippen molar-refractivity contribution in [3.63, 3.8) is 0 Å². The van der Waals surface area contributed by atoms with E-state index in [1.165, 1.54) is 36.0 Å². The zero-order valence-electron chi connectivity index (χ0n) is 20.0. The molecule has 0 aliphatic rings. The molecule has 0 radical (unpaired) electrons. The zero-order valence-corrected chi connectivity index (χ0v) is 21.6. The van der Waals surface area contributed by atoms with Gasteiger partial charge in [-0.15, -0.1) is 10.2 Å². The van der Waals surface area contributed by atoms with Gasteiger partial charge >= 0.3 is 0 Å². The summed E-state index contributed by atoms with van der Waals surface area (Å²) in [5, 5.41) is 11.9. The van der Waals surface area contributed by atoms with Gasteiger partial charge in [-0.05, 0) is 45.0 Å². The van der Waals surface area contributed by atoms with Gasteiger partial charge in [0.15, 0.2) is 11.0 Å². The summed E-state index contributed by atoms with van der Waals surface area (Å²) in [6, 6.07) is 17.2. The fourth-order valence-corrected chi connectivity index (χ4v) is 5.29. The zero-order chi connectivity index (χ0) is 25.7. The Morgan fingerprint density at radius 1 is 1.00 bits per heavy atom. The third kappa shape index (κ3) is 6.07. The lowest BCUT2D eigenvalue weighted by Gasteiger charge is -2.10. The highest BCUT2D eigenvalue weighted by atomic mass is 32.2. The molecular weight excluding hydrogens is 498 g/mol. The minimum Gasteiger partial charge on any atom is -0.325 e. The van der Waals surface area contributed by atoms with Gasteiger partial charge in [-0.3, -0.25) is 9.52 Å². The standard InChI is InChI=1S/C24H25N7O3S2/c1-4-31-23(18-8-6-5-7-9-18)28-29-24(31)35-15-22(32)27-19-10-12-20(13-11-19)36(33,34)30-21-14-16(2)25-17(3)26-21/h5-14H,4,15H2,1-3H3,(H,27,32)(H,25,26,30). The molecule has 0 saturated carbocycles. The van der Waals surface area contributed by atoms with Crippen LogP contribution in [0.1, 0.15) is 18.4 Å². The number of aromatic nitrogens is 5. The quantitative estimate of drug-likeness (QED) is 0.316. The summed E-state index contributed by atoms with van der Waals surface area (Å²) in [7, 11) is -3.84. The number of carbonyl (C=O) groups is 1. The Morgan fingerprint density at radius 3 is 2.39 bits per heavy atom. The molecule has 186 valence electrons. The Balaban J connectivity index is 1.37. The van der Waals surface area contributed by atoms with Crippen LogP contribution >= 0.6 is 11.8 Å². The Bertz CT molecular complexity index is 1450. The molecule has 0 atom stereocenters. The Hall–Kier alpha value is -3.77. The predicted octanol–water partition coefficient (Wildman–Crippen LogP) is 3.90. The average Bonchev–Trinajstić information content (AvgIpc) is 3.25. The van der Waals surface area contributed by atoms with Crippen molar-refractivity contribution in [2.75, 3.05) is 15.8 Å². The number of nitrogens with one attached hydrogen (secondary N) is 2. The smallest absolute Gasteiger partial charge is 0.263 e. The number of nitrogens with zero attached hydrogens (tertiary/aromatic N) is 5. The Labute approximate surface area is 213 Å². The van der Waals surface area contributed by atoms with Gasteiger partial charge < -0.3 is 9.88 Å². The van der Waals surface area contributed by atoms with Crippen LogP contribution in [-0.2, 0) is 21.4 Å². The van der Waals surface area contributed by atoms with Gasteiger partial charge in [-0.2, -0.15) is 0 Å². The molecule has 2 aromatic carbocycles. The van der Waals surface area contributed by atoms with Gasteiger partial charge in [0.1, 0.15) is 11.6 Å². The summed E-state index contributed by atoms with van der Waals surface area (Å²) < 4.78 is 29.8. The van der Waals surface area contributed by atoms with Crippen LogP contribution in [0.2, 0.25) is 0 Å². The minimum atomic E-state index is -3.84. The van der Waals surface area contributed by atoms with Crippen LogP contribution in [0.15, 0.2) is 70.7 Å². The second-order valence-electron chi connectivity index (χ2n) is 7.82. The van der Waals surface area contributed by atoms with E-state index < -0.39 is 10.0 Å². The number of hydrogen-bond acceptors (Lipinski definition) is 8.